The summed E-state index contributed by atoms with van der Waals surface area (Å²) in [6, 6.07) is 7.82. The van der Waals surface area contributed by atoms with E-state index in [0.717, 1.165) is 25.1 Å². The summed E-state index contributed by atoms with van der Waals surface area (Å²) in [6.45, 7) is 8.63. The van der Waals surface area contributed by atoms with Gasteiger partial charge in [-0.15, -0.1) is 0 Å². The van der Waals surface area contributed by atoms with Gasteiger partial charge in [-0.05, 0) is 45.7 Å². The second-order valence-electron chi connectivity index (χ2n) is 7.78. The van der Waals surface area contributed by atoms with E-state index in [9.17, 15) is 9.59 Å². The molecule has 1 aliphatic rings. The maximum absolute atomic E-state index is 12.5. The first kappa shape index (κ1) is 20.2. The molecule has 0 saturated carbocycles. The normalized spacial score (nSPS) is 18.7. The van der Waals surface area contributed by atoms with Gasteiger partial charge in [0.2, 0.25) is 5.91 Å². The van der Waals surface area contributed by atoms with Crippen LogP contribution >= 0.6 is 0 Å². The number of benzene rings is 1. The molecule has 6 nitrogen and oxygen atoms in total. The predicted octanol–water partition coefficient (Wildman–Crippen LogP) is 3.58. The smallest absolute Gasteiger partial charge is 0.307 e. The molecule has 26 heavy (non-hydrogen) atoms. The molecule has 1 amide bonds. The van der Waals surface area contributed by atoms with Gasteiger partial charge in [-0.3, -0.25) is 9.59 Å². The quantitative estimate of drug-likeness (QED) is 0.757. The first-order chi connectivity index (χ1) is 12.2. The van der Waals surface area contributed by atoms with Crippen LogP contribution in [0.4, 0.5) is 11.4 Å². The molecule has 1 saturated heterocycles. The first-order valence-electron chi connectivity index (χ1n) is 9.20. The highest BCUT2D eigenvalue weighted by Crippen LogP contribution is 2.24. The molecule has 0 radical (unpaired) electrons. The number of para-hydroxylation sites is 2. The van der Waals surface area contributed by atoms with Crippen LogP contribution in [0.3, 0.4) is 0 Å². The van der Waals surface area contributed by atoms with Crippen LogP contribution in [0.2, 0.25) is 0 Å². The zero-order chi connectivity index (χ0) is 19.2. The van der Waals surface area contributed by atoms with Crippen LogP contribution in [0.15, 0.2) is 24.3 Å². The van der Waals surface area contributed by atoms with E-state index in [4.69, 9.17) is 9.47 Å². The van der Waals surface area contributed by atoms with E-state index >= 15 is 0 Å². The van der Waals surface area contributed by atoms with Crippen molar-refractivity contribution in [3.63, 3.8) is 0 Å². The average Bonchev–Trinajstić information content (AvgIpc) is 2.55. The SMILES string of the molecule is C[C@H](CC(=O)OC(C)(C)C)C(=O)Nc1ccccc1NC1CCCOC1. The van der Waals surface area contributed by atoms with Crippen molar-refractivity contribution in [3.8, 4) is 0 Å². The summed E-state index contributed by atoms with van der Waals surface area (Å²) < 4.78 is 10.8. The van der Waals surface area contributed by atoms with Gasteiger partial charge in [0.05, 0.1) is 24.4 Å². The Balaban J connectivity index is 1.94. The molecule has 0 bridgehead atoms. The van der Waals surface area contributed by atoms with Gasteiger partial charge in [0.1, 0.15) is 5.60 Å². The Morgan fingerprint density at radius 3 is 2.58 bits per heavy atom. The highest BCUT2D eigenvalue weighted by Gasteiger charge is 2.23. The van der Waals surface area contributed by atoms with Crippen molar-refractivity contribution in [2.75, 3.05) is 23.8 Å². The van der Waals surface area contributed by atoms with Crippen LogP contribution in [0.1, 0.15) is 47.0 Å². The third-order valence-electron chi connectivity index (χ3n) is 4.05. The number of esters is 1. The van der Waals surface area contributed by atoms with Crippen LogP contribution in [0.5, 0.6) is 0 Å². The van der Waals surface area contributed by atoms with Gasteiger partial charge >= 0.3 is 5.97 Å². The summed E-state index contributed by atoms with van der Waals surface area (Å²) in [6.07, 6.45) is 2.12. The van der Waals surface area contributed by atoms with Crippen molar-refractivity contribution in [2.24, 2.45) is 5.92 Å². The number of carbonyl (C=O) groups excluding carboxylic acids is 2. The summed E-state index contributed by atoms with van der Waals surface area (Å²) in [7, 11) is 0. The number of amides is 1. The fraction of sp³-hybridized carbons (Fsp3) is 0.600. The monoisotopic (exact) mass is 362 g/mol. The van der Waals surface area contributed by atoms with Gasteiger partial charge < -0.3 is 20.1 Å². The van der Waals surface area contributed by atoms with Crippen molar-refractivity contribution < 1.29 is 19.1 Å². The molecule has 0 aliphatic carbocycles. The van der Waals surface area contributed by atoms with Crippen LogP contribution in [-0.2, 0) is 19.1 Å². The van der Waals surface area contributed by atoms with Gasteiger partial charge in [-0.1, -0.05) is 19.1 Å². The Bertz CT molecular complexity index is 618. The molecule has 0 aromatic heterocycles. The summed E-state index contributed by atoms with van der Waals surface area (Å²) in [5.74, 6) is -1.05. The number of anilines is 2. The lowest BCUT2D eigenvalue weighted by atomic mass is 10.1. The lowest BCUT2D eigenvalue weighted by Crippen LogP contribution is -2.31. The molecule has 1 aliphatic heterocycles. The molecule has 2 rings (SSSR count). The van der Waals surface area contributed by atoms with E-state index in [2.05, 4.69) is 10.6 Å². The Kier molecular flexibility index (Phi) is 7.03. The largest absolute Gasteiger partial charge is 0.460 e. The summed E-state index contributed by atoms with van der Waals surface area (Å²) >= 11 is 0. The molecule has 1 unspecified atom stereocenters. The van der Waals surface area contributed by atoms with E-state index in [-0.39, 0.29) is 24.3 Å². The Morgan fingerprint density at radius 1 is 1.27 bits per heavy atom. The number of rotatable bonds is 6. The van der Waals surface area contributed by atoms with E-state index in [1.165, 1.54) is 0 Å². The van der Waals surface area contributed by atoms with Crippen molar-refractivity contribution >= 4 is 23.3 Å². The standard InChI is InChI=1S/C20H30N2O4/c1-14(12-18(23)26-20(2,3)4)19(24)22-17-10-6-5-9-16(17)21-15-8-7-11-25-13-15/h5-6,9-10,14-15,21H,7-8,11-13H2,1-4H3,(H,22,24)/t14-,15?/m1/s1. The molecule has 1 aromatic rings. The van der Waals surface area contributed by atoms with E-state index < -0.39 is 11.5 Å². The minimum absolute atomic E-state index is 0.0508. The van der Waals surface area contributed by atoms with Gasteiger partial charge in [-0.25, -0.2) is 0 Å². The van der Waals surface area contributed by atoms with Gasteiger partial charge in [0, 0.05) is 18.6 Å². The molecule has 2 N–H and O–H groups in total. The lowest BCUT2D eigenvalue weighted by Gasteiger charge is -2.25. The van der Waals surface area contributed by atoms with E-state index in [1.807, 2.05) is 45.0 Å². The van der Waals surface area contributed by atoms with Gasteiger partial charge in [-0.2, -0.15) is 0 Å². The summed E-state index contributed by atoms with van der Waals surface area (Å²) in [5, 5.41) is 6.35. The molecule has 1 fully saturated rings. The van der Waals surface area contributed by atoms with Crippen molar-refractivity contribution in [3.05, 3.63) is 24.3 Å². The first-order valence-corrected chi connectivity index (χ1v) is 9.20. The van der Waals surface area contributed by atoms with Gasteiger partial charge in [0.15, 0.2) is 0 Å². The third kappa shape index (κ3) is 6.67. The molecule has 2 atom stereocenters. The van der Waals surface area contributed by atoms with Crippen LogP contribution in [0, 0.1) is 5.92 Å². The third-order valence-corrected chi connectivity index (χ3v) is 4.05. The van der Waals surface area contributed by atoms with Crippen LogP contribution < -0.4 is 10.6 Å². The number of hydrogen-bond donors (Lipinski definition) is 2. The molecule has 6 heteroatoms. The molecule has 144 valence electrons. The maximum Gasteiger partial charge on any atom is 0.307 e. The van der Waals surface area contributed by atoms with E-state index in [0.29, 0.717) is 12.3 Å². The topological polar surface area (TPSA) is 76.7 Å². The zero-order valence-electron chi connectivity index (χ0n) is 16.1. The highest BCUT2D eigenvalue weighted by molar-refractivity contribution is 5.97. The number of carbonyl (C=O) groups is 2. The second-order valence-corrected chi connectivity index (χ2v) is 7.78. The lowest BCUT2D eigenvalue weighted by molar-refractivity contribution is -0.156. The minimum atomic E-state index is -0.550. The predicted molar refractivity (Wildman–Crippen MR) is 102 cm³/mol. The van der Waals surface area contributed by atoms with Crippen LogP contribution in [-0.4, -0.2) is 36.7 Å². The average molecular weight is 362 g/mol. The highest BCUT2D eigenvalue weighted by atomic mass is 16.6. The summed E-state index contributed by atoms with van der Waals surface area (Å²) in [4.78, 5) is 24.4. The molecule has 1 heterocycles. The molecular formula is C20H30N2O4. The van der Waals surface area contributed by atoms with E-state index in [1.54, 1.807) is 6.92 Å². The Labute approximate surface area is 155 Å². The summed E-state index contributed by atoms with van der Waals surface area (Å²) in [5.41, 5.74) is 1.02. The molecule has 0 spiro atoms. The zero-order valence-corrected chi connectivity index (χ0v) is 16.1. The van der Waals surface area contributed by atoms with Crippen molar-refractivity contribution in [1.29, 1.82) is 0 Å². The molecular weight excluding hydrogens is 332 g/mol. The number of hydrogen-bond acceptors (Lipinski definition) is 5. The minimum Gasteiger partial charge on any atom is -0.460 e. The van der Waals surface area contributed by atoms with Crippen molar-refractivity contribution in [2.45, 2.75) is 58.6 Å². The maximum atomic E-state index is 12.5. The van der Waals surface area contributed by atoms with Crippen LogP contribution in [0.25, 0.3) is 0 Å². The molecule has 1 aromatic carbocycles. The van der Waals surface area contributed by atoms with Gasteiger partial charge in [0.25, 0.3) is 0 Å². The fourth-order valence-corrected chi connectivity index (χ4v) is 2.77. The number of ether oxygens (including phenoxy) is 2. The Hall–Kier alpha value is -2.08. The number of nitrogens with one attached hydrogen (secondary N) is 2. The Morgan fingerprint density at radius 2 is 1.96 bits per heavy atom. The second kappa shape index (κ2) is 9.03. The fourth-order valence-electron chi connectivity index (χ4n) is 2.77. The van der Waals surface area contributed by atoms with Crippen molar-refractivity contribution in [1.82, 2.24) is 0 Å².